The number of carboxylic acid groups (broad SMARTS) is 1. The largest absolute Gasteiger partial charge is 0.481 e. The molecule has 0 spiro atoms. The minimum Gasteiger partial charge on any atom is -0.481 e. The fourth-order valence-electron chi connectivity index (χ4n) is 1.68. The summed E-state index contributed by atoms with van der Waals surface area (Å²) < 4.78 is 1.78. The molecule has 0 amide bonds. The third-order valence-electron chi connectivity index (χ3n) is 2.60. The summed E-state index contributed by atoms with van der Waals surface area (Å²) in [5, 5.41) is 13.0. The lowest BCUT2D eigenvalue weighted by Crippen LogP contribution is -2.01. The summed E-state index contributed by atoms with van der Waals surface area (Å²) in [6.07, 6.45) is 2.44. The molecule has 2 rings (SSSR count). The van der Waals surface area contributed by atoms with Crippen LogP contribution in [0, 0.1) is 6.92 Å². The number of carboxylic acids is 1. The summed E-state index contributed by atoms with van der Waals surface area (Å²) in [6.45, 7) is 2.02. The summed E-state index contributed by atoms with van der Waals surface area (Å²) in [4.78, 5) is 10.5. The fraction of sp³-hybridized carbons (Fsp3) is 0.231. The van der Waals surface area contributed by atoms with Crippen molar-refractivity contribution < 1.29 is 9.90 Å². The van der Waals surface area contributed by atoms with Crippen LogP contribution in [0.4, 0.5) is 0 Å². The topological polar surface area (TPSA) is 55.1 Å². The van der Waals surface area contributed by atoms with Crippen LogP contribution in [0.25, 0.3) is 5.69 Å². The number of carbonyl (C=O) groups is 1. The molecule has 1 aromatic heterocycles. The Bertz CT molecular complexity index is 532. The standard InChI is InChI=1S/C13H14N2O2/c1-10-4-2-3-5-12(10)15-9-8-11(14-15)6-7-13(16)17/h2-5,8-9H,6-7H2,1H3,(H,16,17). The Balaban J connectivity index is 2.18. The van der Waals surface area contributed by atoms with Crippen LogP contribution in [-0.4, -0.2) is 20.9 Å². The molecule has 0 bridgehead atoms. The van der Waals surface area contributed by atoms with Crippen molar-refractivity contribution in [3.05, 3.63) is 47.8 Å². The van der Waals surface area contributed by atoms with Gasteiger partial charge in [0.15, 0.2) is 0 Å². The Kier molecular flexibility index (Phi) is 3.23. The zero-order valence-corrected chi connectivity index (χ0v) is 9.63. The van der Waals surface area contributed by atoms with Gasteiger partial charge >= 0.3 is 5.97 Å². The van der Waals surface area contributed by atoms with Gasteiger partial charge in [0.1, 0.15) is 0 Å². The lowest BCUT2D eigenvalue weighted by molar-refractivity contribution is -0.136. The lowest BCUT2D eigenvalue weighted by Gasteiger charge is -2.04. The number of aliphatic carboxylic acids is 1. The van der Waals surface area contributed by atoms with E-state index in [4.69, 9.17) is 5.11 Å². The summed E-state index contributed by atoms with van der Waals surface area (Å²) in [5.74, 6) is -0.796. The minimum absolute atomic E-state index is 0.116. The number of aryl methyl sites for hydroxylation is 2. The molecule has 0 unspecified atom stereocenters. The van der Waals surface area contributed by atoms with Gasteiger partial charge in [0.05, 0.1) is 17.8 Å². The van der Waals surface area contributed by atoms with Crippen LogP contribution < -0.4 is 0 Å². The summed E-state index contributed by atoms with van der Waals surface area (Å²) in [7, 11) is 0. The number of benzene rings is 1. The average Bonchev–Trinajstić information content (AvgIpc) is 2.75. The van der Waals surface area contributed by atoms with Gasteiger partial charge in [-0.25, -0.2) is 4.68 Å². The molecule has 0 aliphatic carbocycles. The first-order chi connectivity index (χ1) is 8.16. The van der Waals surface area contributed by atoms with Crippen molar-refractivity contribution in [2.24, 2.45) is 0 Å². The molecular formula is C13H14N2O2. The number of nitrogens with zero attached hydrogens (tertiary/aromatic N) is 2. The Labute approximate surface area is 99.5 Å². The van der Waals surface area contributed by atoms with Crippen molar-refractivity contribution in [1.29, 1.82) is 0 Å². The van der Waals surface area contributed by atoms with Gasteiger partial charge in [-0.2, -0.15) is 5.10 Å². The van der Waals surface area contributed by atoms with E-state index in [2.05, 4.69) is 5.10 Å². The normalized spacial score (nSPS) is 10.4. The van der Waals surface area contributed by atoms with Crippen LogP contribution in [0.2, 0.25) is 0 Å². The van der Waals surface area contributed by atoms with Gasteiger partial charge in [-0.3, -0.25) is 4.79 Å². The van der Waals surface area contributed by atoms with Crippen molar-refractivity contribution >= 4 is 5.97 Å². The molecule has 4 heteroatoms. The van der Waals surface area contributed by atoms with Crippen molar-refractivity contribution in [3.63, 3.8) is 0 Å². The molecule has 2 aromatic rings. The fourth-order valence-corrected chi connectivity index (χ4v) is 1.68. The van der Waals surface area contributed by atoms with Gasteiger partial charge in [-0.15, -0.1) is 0 Å². The highest BCUT2D eigenvalue weighted by Crippen LogP contribution is 2.13. The molecule has 0 aliphatic rings. The Morgan fingerprint density at radius 3 is 2.82 bits per heavy atom. The molecule has 0 saturated carbocycles. The first kappa shape index (κ1) is 11.4. The van der Waals surface area contributed by atoms with E-state index in [0.717, 1.165) is 16.9 Å². The number of hydrogen-bond donors (Lipinski definition) is 1. The van der Waals surface area contributed by atoms with E-state index >= 15 is 0 Å². The molecule has 1 aromatic carbocycles. The molecule has 1 heterocycles. The van der Waals surface area contributed by atoms with Crippen molar-refractivity contribution in [2.45, 2.75) is 19.8 Å². The van der Waals surface area contributed by atoms with Crippen molar-refractivity contribution in [3.8, 4) is 5.69 Å². The van der Waals surface area contributed by atoms with Gasteiger partial charge in [-0.1, -0.05) is 18.2 Å². The lowest BCUT2D eigenvalue weighted by atomic mass is 10.2. The van der Waals surface area contributed by atoms with Crippen LogP contribution in [0.1, 0.15) is 17.7 Å². The highest BCUT2D eigenvalue weighted by atomic mass is 16.4. The van der Waals surface area contributed by atoms with Gasteiger partial charge in [0.2, 0.25) is 0 Å². The second-order valence-corrected chi connectivity index (χ2v) is 3.93. The van der Waals surface area contributed by atoms with Crippen LogP contribution in [0.15, 0.2) is 36.5 Å². The molecule has 0 fully saturated rings. The maximum absolute atomic E-state index is 10.5. The van der Waals surface area contributed by atoms with E-state index in [1.165, 1.54) is 0 Å². The van der Waals surface area contributed by atoms with E-state index in [9.17, 15) is 4.79 Å². The monoisotopic (exact) mass is 230 g/mol. The maximum Gasteiger partial charge on any atom is 0.303 e. The molecule has 0 aliphatic heterocycles. The molecule has 0 atom stereocenters. The molecule has 0 radical (unpaired) electrons. The number of aromatic nitrogens is 2. The van der Waals surface area contributed by atoms with Gasteiger partial charge in [0.25, 0.3) is 0 Å². The second-order valence-electron chi connectivity index (χ2n) is 3.93. The zero-order valence-electron chi connectivity index (χ0n) is 9.63. The van der Waals surface area contributed by atoms with Crippen LogP contribution in [-0.2, 0) is 11.2 Å². The van der Waals surface area contributed by atoms with Crippen molar-refractivity contribution in [1.82, 2.24) is 9.78 Å². The van der Waals surface area contributed by atoms with Crippen LogP contribution >= 0.6 is 0 Å². The first-order valence-electron chi connectivity index (χ1n) is 5.49. The van der Waals surface area contributed by atoms with E-state index in [0.29, 0.717) is 6.42 Å². The minimum atomic E-state index is -0.796. The molecule has 0 saturated heterocycles. The maximum atomic E-state index is 10.5. The van der Waals surface area contributed by atoms with E-state index in [1.54, 1.807) is 4.68 Å². The molecule has 88 valence electrons. The zero-order chi connectivity index (χ0) is 12.3. The highest BCUT2D eigenvalue weighted by Gasteiger charge is 2.05. The molecule has 17 heavy (non-hydrogen) atoms. The number of para-hydroxylation sites is 1. The number of rotatable bonds is 4. The third kappa shape index (κ3) is 2.72. The van der Waals surface area contributed by atoms with Gasteiger partial charge in [-0.05, 0) is 24.6 Å². The summed E-state index contributed by atoms with van der Waals surface area (Å²) in [5.41, 5.74) is 2.96. The number of hydrogen-bond acceptors (Lipinski definition) is 2. The van der Waals surface area contributed by atoms with Gasteiger partial charge < -0.3 is 5.11 Å². The van der Waals surface area contributed by atoms with E-state index in [1.807, 2.05) is 43.5 Å². The smallest absolute Gasteiger partial charge is 0.303 e. The van der Waals surface area contributed by atoms with Crippen molar-refractivity contribution in [2.75, 3.05) is 0 Å². The average molecular weight is 230 g/mol. The predicted octanol–water partition coefficient (Wildman–Crippen LogP) is 2.20. The SMILES string of the molecule is Cc1ccccc1-n1ccc(CCC(=O)O)n1. The Hall–Kier alpha value is -2.10. The quantitative estimate of drug-likeness (QED) is 0.876. The third-order valence-corrected chi connectivity index (χ3v) is 2.60. The predicted molar refractivity (Wildman–Crippen MR) is 64.3 cm³/mol. The summed E-state index contributed by atoms with van der Waals surface area (Å²) >= 11 is 0. The molecule has 1 N–H and O–H groups in total. The molecular weight excluding hydrogens is 216 g/mol. The van der Waals surface area contributed by atoms with Gasteiger partial charge in [0, 0.05) is 12.6 Å². The van der Waals surface area contributed by atoms with Crippen LogP contribution in [0.3, 0.4) is 0 Å². The van der Waals surface area contributed by atoms with E-state index in [-0.39, 0.29) is 6.42 Å². The molecule has 4 nitrogen and oxygen atoms in total. The van der Waals surface area contributed by atoms with E-state index < -0.39 is 5.97 Å². The first-order valence-corrected chi connectivity index (χ1v) is 5.49. The van der Waals surface area contributed by atoms with Crippen LogP contribution in [0.5, 0.6) is 0 Å². The Morgan fingerprint density at radius 1 is 1.35 bits per heavy atom. The second kappa shape index (κ2) is 4.82. The summed E-state index contributed by atoms with van der Waals surface area (Å²) in [6, 6.07) is 9.81. The highest BCUT2D eigenvalue weighted by molar-refractivity contribution is 5.66. The Morgan fingerprint density at radius 2 is 2.12 bits per heavy atom.